The Morgan fingerprint density at radius 3 is 2.61 bits per heavy atom. The smallest absolute Gasteiger partial charge is 0.227 e. The van der Waals surface area contributed by atoms with Crippen LogP contribution >= 0.6 is 0 Å². The van der Waals surface area contributed by atoms with Gasteiger partial charge in [0.15, 0.2) is 11.6 Å². The minimum atomic E-state index is 0.324. The zero-order valence-corrected chi connectivity index (χ0v) is 21.6. The van der Waals surface area contributed by atoms with Crippen LogP contribution in [-0.2, 0) is 0 Å². The lowest BCUT2D eigenvalue weighted by atomic mass is 9.65. The number of nitrogens with zero attached hydrogens (tertiary/aromatic N) is 5. The third-order valence-electron chi connectivity index (χ3n) is 7.55. The molecule has 8 heteroatoms. The number of benzene rings is 1. The second kappa shape index (κ2) is 8.62. The second-order valence-electron chi connectivity index (χ2n) is 11.6. The van der Waals surface area contributed by atoms with Crippen LogP contribution in [0.25, 0.3) is 11.3 Å². The molecular formula is C28H35N7O. The lowest BCUT2D eigenvalue weighted by Crippen LogP contribution is -2.61. The number of fused-ring (bicyclic) bond motifs is 3. The number of aryl methyl sites for hydroxylation is 1. The highest BCUT2D eigenvalue weighted by Gasteiger charge is 2.47. The molecule has 2 aromatic heterocycles. The van der Waals surface area contributed by atoms with Crippen LogP contribution in [0.5, 0.6) is 5.75 Å². The Balaban J connectivity index is 1.21. The van der Waals surface area contributed by atoms with E-state index < -0.39 is 0 Å². The molecule has 0 spiro atoms. The van der Waals surface area contributed by atoms with Gasteiger partial charge in [0.05, 0.1) is 12.2 Å². The van der Waals surface area contributed by atoms with E-state index in [1.54, 1.807) is 6.20 Å². The summed E-state index contributed by atoms with van der Waals surface area (Å²) in [6, 6.07) is 10.5. The third kappa shape index (κ3) is 4.46. The molecule has 0 aliphatic carbocycles. The number of likely N-dealkylation sites (tertiary alicyclic amines) is 1. The largest absolute Gasteiger partial charge is 0.488 e. The third-order valence-corrected chi connectivity index (χ3v) is 7.55. The maximum Gasteiger partial charge on any atom is 0.227 e. The minimum Gasteiger partial charge on any atom is -0.488 e. The summed E-state index contributed by atoms with van der Waals surface area (Å²) < 4.78 is 5.74. The monoisotopic (exact) mass is 485 g/mol. The van der Waals surface area contributed by atoms with Crippen molar-refractivity contribution in [3.05, 3.63) is 48.3 Å². The Bertz CT molecular complexity index is 1280. The van der Waals surface area contributed by atoms with Crippen LogP contribution in [0.15, 0.2) is 42.7 Å². The number of piperidine rings is 2. The molecule has 1 aromatic carbocycles. The lowest BCUT2D eigenvalue weighted by molar-refractivity contribution is 0.00531. The Morgan fingerprint density at radius 2 is 1.83 bits per heavy atom. The van der Waals surface area contributed by atoms with Gasteiger partial charge in [-0.25, -0.2) is 15.0 Å². The molecule has 2 unspecified atom stereocenters. The minimum absolute atomic E-state index is 0.324. The van der Waals surface area contributed by atoms with Gasteiger partial charge in [-0.1, -0.05) is 13.8 Å². The van der Waals surface area contributed by atoms with E-state index in [2.05, 4.69) is 76.4 Å². The summed E-state index contributed by atoms with van der Waals surface area (Å²) in [6.07, 6.45) is 4.89. The van der Waals surface area contributed by atoms with Crippen molar-refractivity contribution >= 4 is 23.1 Å². The standard InChI is InChI=1S/C28H35N7O/c1-19-11-21(5-6-23(19)35-17-27(2)14-28(3,18-35)16-34(4)15-27)32-26-30-8-7-22(33-26)20-12-24-25(31-13-20)29-9-10-36-24/h5-8,11-13H,9-10,14-18H2,1-4H3,(H,29,31)(H,30,32,33). The molecule has 2 atom stereocenters. The molecule has 0 amide bonds. The summed E-state index contributed by atoms with van der Waals surface area (Å²) in [4.78, 5) is 18.8. The van der Waals surface area contributed by atoms with Gasteiger partial charge in [-0.05, 0) is 67.1 Å². The van der Waals surface area contributed by atoms with Crippen LogP contribution in [-0.4, -0.2) is 66.2 Å². The molecule has 188 valence electrons. The number of ether oxygens (including phenoxy) is 1. The van der Waals surface area contributed by atoms with Crippen molar-refractivity contribution in [2.75, 3.05) is 61.9 Å². The van der Waals surface area contributed by atoms with Crippen molar-refractivity contribution in [3.8, 4) is 17.0 Å². The molecule has 2 fully saturated rings. The van der Waals surface area contributed by atoms with E-state index in [-0.39, 0.29) is 0 Å². The fraction of sp³-hybridized carbons (Fsp3) is 0.464. The number of nitrogens with one attached hydrogen (secondary N) is 2. The maximum atomic E-state index is 5.74. The van der Waals surface area contributed by atoms with Crippen LogP contribution in [0.1, 0.15) is 25.8 Å². The molecule has 8 nitrogen and oxygen atoms in total. The number of rotatable bonds is 4. The summed E-state index contributed by atoms with van der Waals surface area (Å²) in [5.74, 6) is 2.10. The number of pyridine rings is 1. The van der Waals surface area contributed by atoms with Gasteiger partial charge < -0.3 is 25.2 Å². The van der Waals surface area contributed by atoms with E-state index in [1.807, 2.05) is 18.3 Å². The van der Waals surface area contributed by atoms with Gasteiger partial charge in [0, 0.05) is 55.5 Å². The van der Waals surface area contributed by atoms with Gasteiger partial charge >= 0.3 is 0 Å². The summed E-state index contributed by atoms with van der Waals surface area (Å²) >= 11 is 0. The molecule has 2 bridgehead atoms. The van der Waals surface area contributed by atoms with Crippen molar-refractivity contribution in [1.82, 2.24) is 19.9 Å². The highest BCUT2D eigenvalue weighted by atomic mass is 16.5. The number of anilines is 4. The molecular weight excluding hydrogens is 450 g/mol. The topological polar surface area (TPSA) is 78.4 Å². The van der Waals surface area contributed by atoms with Crippen molar-refractivity contribution < 1.29 is 4.74 Å². The molecule has 0 saturated carbocycles. The van der Waals surface area contributed by atoms with Gasteiger partial charge in [0.25, 0.3) is 0 Å². The van der Waals surface area contributed by atoms with E-state index in [0.717, 1.165) is 61.2 Å². The van der Waals surface area contributed by atoms with E-state index >= 15 is 0 Å². The Labute approximate surface area is 213 Å². The van der Waals surface area contributed by atoms with Gasteiger partial charge in [-0.2, -0.15) is 0 Å². The summed E-state index contributed by atoms with van der Waals surface area (Å²) in [7, 11) is 2.27. The molecule has 2 saturated heterocycles. The fourth-order valence-corrected chi connectivity index (χ4v) is 6.82. The quantitative estimate of drug-likeness (QED) is 0.557. The summed E-state index contributed by atoms with van der Waals surface area (Å²) in [5, 5.41) is 6.65. The lowest BCUT2D eigenvalue weighted by Gasteiger charge is -2.57. The molecule has 6 rings (SSSR count). The summed E-state index contributed by atoms with van der Waals surface area (Å²) in [6.45, 7) is 13.0. The van der Waals surface area contributed by atoms with E-state index in [4.69, 9.17) is 9.72 Å². The summed E-state index contributed by atoms with van der Waals surface area (Å²) in [5.41, 5.74) is 5.92. The van der Waals surface area contributed by atoms with Crippen molar-refractivity contribution in [2.45, 2.75) is 27.2 Å². The zero-order chi connectivity index (χ0) is 24.9. The van der Waals surface area contributed by atoms with E-state index in [9.17, 15) is 0 Å². The number of hydrogen-bond acceptors (Lipinski definition) is 8. The molecule has 36 heavy (non-hydrogen) atoms. The van der Waals surface area contributed by atoms with Crippen LogP contribution in [0, 0.1) is 17.8 Å². The number of hydrogen-bond donors (Lipinski definition) is 2. The molecule has 3 aromatic rings. The predicted octanol–water partition coefficient (Wildman–Crippen LogP) is 4.56. The van der Waals surface area contributed by atoms with Crippen LogP contribution in [0.3, 0.4) is 0 Å². The highest BCUT2D eigenvalue weighted by molar-refractivity contribution is 5.68. The Kier molecular flexibility index (Phi) is 5.52. The first-order valence-electron chi connectivity index (χ1n) is 12.8. The molecule has 5 heterocycles. The van der Waals surface area contributed by atoms with Gasteiger partial charge in [-0.3, -0.25) is 0 Å². The zero-order valence-electron chi connectivity index (χ0n) is 21.6. The predicted molar refractivity (Wildman–Crippen MR) is 144 cm³/mol. The average molecular weight is 486 g/mol. The molecule has 0 radical (unpaired) electrons. The van der Waals surface area contributed by atoms with Crippen molar-refractivity contribution in [2.24, 2.45) is 10.8 Å². The van der Waals surface area contributed by atoms with Gasteiger partial charge in [0.2, 0.25) is 5.95 Å². The van der Waals surface area contributed by atoms with Crippen LogP contribution < -0.4 is 20.3 Å². The van der Waals surface area contributed by atoms with E-state index in [0.29, 0.717) is 23.4 Å². The van der Waals surface area contributed by atoms with Crippen molar-refractivity contribution in [3.63, 3.8) is 0 Å². The SMILES string of the molecule is Cc1cc(Nc2nccc(-c3cnc4c(c3)OCCN4)n2)ccc1N1CC2(C)CN(C)CC(C)(C1)C2. The average Bonchev–Trinajstić information content (AvgIpc) is 2.82. The molecule has 3 aliphatic heterocycles. The van der Waals surface area contributed by atoms with Crippen LogP contribution in [0.4, 0.5) is 23.1 Å². The van der Waals surface area contributed by atoms with Gasteiger partial charge in [-0.15, -0.1) is 0 Å². The second-order valence-corrected chi connectivity index (χ2v) is 11.6. The van der Waals surface area contributed by atoms with Gasteiger partial charge in [0.1, 0.15) is 6.61 Å². The first kappa shape index (κ1) is 23.0. The van der Waals surface area contributed by atoms with Crippen molar-refractivity contribution in [1.29, 1.82) is 0 Å². The first-order chi connectivity index (χ1) is 17.3. The van der Waals surface area contributed by atoms with E-state index in [1.165, 1.54) is 17.7 Å². The normalized spacial score (nSPS) is 25.5. The Hall–Kier alpha value is -3.39. The number of aromatic nitrogens is 3. The fourth-order valence-electron chi connectivity index (χ4n) is 6.82. The highest BCUT2D eigenvalue weighted by Crippen LogP contribution is 2.46. The first-order valence-corrected chi connectivity index (χ1v) is 12.8. The Morgan fingerprint density at radius 1 is 1.03 bits per heavy atom. The molecule has 2 N–H and O–H groups in total. The van der Waals surface area contributed by atoms with Crippen LogP contribution in [0.2, 0.25) is 0 Å². The molecule has 3 aliphatic rings. The maximum absolute atomic E-state index is 5.74.